The number of halogens is 3. The summed E-state index contributed by atoms with van der Waals surface area (Å²) in [5, 5.41) is 10.3. The number of hydrogen-bond acceptors (Lipinski definition) is 5. The number of carbonyl (C=O) groups excluding carboxylic acids is 1. The third-order valence-corrected chi connectivity index (χ3v) is 4.16. The highest BCUT2D eigenvalue weighted by Gasteiger charge is 2.33. The molecule has 148 valence electrons. The molecule has 0 aliphatic carbocycles. The predicted octanol–water partition coefficient (Wildman–Crippen LogP) is 2.84. The first kappa shape index (κ1) is 19.6. The van der Waals surface area contributed by atoms with Gasteiger partial charge in [-0.15, -0.1) is 0 Å². The molecular formula is C18H19F3N6O. The zero-order valence-electron chi connectivity index (χ0n) is 15.6. The first-order valence-electron chi connectivity index (χ1n) is 8.53. The summed E-state index contributed by atoms with van der Waals surface area (Å²) >= 11 is 0. The largest absolute Gasteiger partial charge is 0.419 e. The van der Waals surface area contributed by atoms with Gasteiger partial charge in [0.15, 0.2) is 5.65 Å². The number of nitrogens with one attached hydrogen (secondary N) is 2. The molecule has 3 rings (SSSR count). The summed E-state index contributed by atoms with van der Waals surface area (Å²) in [7, 11) is 1.75. The van der Waals surface area contributed by atoms with Gasteiger partial charge in [-0.1, -0.05) is 0 Å². The molecule has 3 aromatic rings. The number of rotatable bonds is 5. The molecule has 0 saturated heterocycles. The van der Waals surface area contributed by atoms with E-state index < -0.39 is 11.7 Å². The van der Waals surface area contributed by atoms with E-state index in [1.165, 1.54) is 12.3 Å². The molecule has 1 amide bonds. The first-order chi connectivity index (χ1) is 13.2. The van der Waals surface area contributed by atoms with Crippen LogP contribution in [-0.2, 0) is 13.2 Å². The summed E-state index contributed by atoms with van der Waals surface area (Å²) in [5.74, 6) is -0.611. The molecule has 0 aromatic carbocycles. The summed E-state index contributed by atoms with van der Waals surface area (Å²) in [6.07, 6.45) is -3.23. The summed E-state index contributed by atoms with van der Waals surface area (Å²) in [4.78, 5) is 20.7. The molecule has 0 atom stereocenters. The summed E-state index contributed by atoms with van der Waals surface area (Å²) in [5.41, 5.74) is 1.53. The lowest BCUT2D eigenvalue weighted by Crippen LogP contribution is -2.29. The summed E-state index contributed by atoms with van der Waals surface area (Å²) in [6, 6.07) is 3.85. The Kier molecular flexibility index (Phi) is 5.21. The van der Waals surface area contributed by atoms with Crippen molar-refractivity contribution in [1.29, 1.82) is 0 Å². The molecule has 0 aliphatic rings. The van der Waals surface area contributed by atoms with Crippen LogP contribution in [0.15, 0.2) is 24.4 Å². The number of pyridine rings is 2. The lowest BCUT2D eigenvalue weighted by atomic mass is 10.1. The fourth-order valence-corrected chi connectivity index (χ4v) is 2.98. The van der Waals surface area contributed by atoms with Crippen molar-refractivity contribution in [3.05, 3.63) is 46.9 Å². The van der Waals surface area contributed by atoms with Crippen molar-refractivity contribution in [2.75, 3.05) is 18.4 Å². The van der Waals surface area contributed by atoms with Crippen molar-refractivity contribution in [3.8, 4) is 0 Å². The average molecular weight is 392 g/mol. The van der Waals surface area contributed by atoms with Gasteiger partial charge in [-0.2, -0.15) is 18.3 Å². The molecule has 0 bridgehead atoms. The van der Waals surface area contributed by atoms with Crippen molar-refractivity contribution in [2.24, 2.45) is 7.05 Å². The van der Waals surface area contributed by atoms with Crippen LogP contribution in [0.5, 0.6) is 0 Å². The van der Waals surface area contributed by atoms with Crippen molar-refractivity contribution >= 4 is 22.8 Å². The Balaban J connectivity index is 1.69. The number of aryl methyl sites for hydroxylation is 3. The quantitative estimate of drug-likeness (QED) is 0.653. The lowest BCUT2D eigenvalue weighted by Gasteiger charge is -2.13. The Hall–Kier alpha value is -3.17. The molecule has 0 radical (unpaired) electrons. The van der Waals surface area contributed by atoms with Crippen molar-refractivity contribution < 1.29 is 18.0 Å². The Morgan fingerprint density at radius 1 is 1.25 bits per heavy atom. The van der Waals surface area contributed by atoms with Gasteiger partial charge < -0.3 is 10.6 Å². The monoisotopic (exact) mass is 392 g/mol. The molecule has 7 nitrogen and oxygen atoms in total. The maximum atomic E-state index is 13.0. The normalized spacial score (nSPS) is 11.6. The van der Waals surface area contributed by atoms with Crippen LogP contribution in [0.25, 0.3) is 11.0 Å². The van der Waals surface area contributed by atoms with Crippen molar-refractivity contribution in [3.63, 3.8) is 0 Å². The fourth-order valence-electron chi connectivity index (χ4n) is 2.98. The van der Waals surface area contributed by atoms with Crippen LogP contribution in [-0.4, -0.2) is 38.7 Å². The molecule has 28 heavy (non-hydrogen) atoms. The van der Waals surface area contributed by atoms with E-state index in [0.717, 1.165) is 6.07 Å². The Morgan fingerprint density at radius 2 is 2.00 bits per heavy atom. The number of aromatic nitrogens is 4. The molecule has 0 unspecified atom stereocenters. The first-order valence-corrected chi connectivity index (χ1v) is 8.53. The Labute approximate surface area is 159 Å². The number of alkyl halides is 3. The van der Waals surface area contributed by atoms with Gasteiger partial charge in [0.2, 0.25) is 0 Å². The number of fused-ring (bicyclic) bond motifs is 1. The molecule has 0 saturated carbocycles. The van der Waals surface area contributed by atoms with E-state index >= 15 is 0 Å². The smallest absolute Gasteiger partial charge is 0.368 e. The molecule has 10 heteroatoms. The lowest BCUT2D eigenvalue weighted by molar-refractivity contribution is -0.137. The van der Waals surface area contributed by atoms with Gasteiger partial charge >= 0.3 is 6.18 Å². The number of amides is 1. The fraction of sp³-hybridized carbons (Fsp3) is 0.333. The number of nitrogens with zero attached hydrogens (tertiary/aromatic N) is 4. The molecule has 2 N–H and O–H groups in total. The van der Waals surface area contributed by atoms with Crippen LogP contribution in [0.3, 0.4) is 0 Å². The van der Waals surface area contributed by atoms with Crippen LogP contribution < -0.4 is 10.6 Å². The minimum Gasteiger partial charge on any atom is -0.368 e. The predicted molar refractivity (Wildman–Crippen MR) is 98.0 cm³/mol. The van der Waals surface area contributed by atoms with E-state index in [4.69, 9.17) is 0 Å². The second-order valence-corrected chi connectivity index (χ2v) is 6.30. The molecule has 3 aromatic heterocycles. The average Bonchev–Trinajstić information content (AvgIpc) is 2.91. The van der Waals surface area contributed by atoms with Crippen LogP contribution in [0.2, 0.25) is 0 Å². The molecular weight excluding hydrogens is 373 g/mol. The van der Waals surface area contributed by atoms with Crippen molar-refractivity contribution in [1.82, 2.24) is 25.1 Å². The highest BCUT2D eigenvalue weighted by molar-refractivity contribution is 6.06. The van der Waals surface area contributed by atoms with E-state index in [2.05, 4.69) is 25.7 Å². The number of hydrogen-bond donors (Lipinski definition) is 2. The topological polar surface area (TPSA) is 84.7 Å². The highest BCUT2D eigenvalue weighted by atomic mass is 19.4. The second-order valence-electron chi connectivity index (χ2n) is 6.30. The molecule has 3 heterocycles. The molecule has 0 aliphatic heterocycles. The van der Waals surface area contributed by atoms with Gasteiger partial charge in [-0.25, -0.2) is 9.97 Å². The van der Waals surface area contributed by atoms with Crippen LogP contribution in [0.1, 0.15) is 27.3 Å². The summed E-state index contributed by atoms with van der Waals surface area (Å²) < 4.78 is 40.5. The van der Waals surface area contributed by atoms with Gasteiger partial charge in [0.05, 0.1) is 22.2 Å². The van der Waals surface area contributed by atoms with E-state index in [9.17, 15) is 18.0 Å². The van der Waals surface area contributed by atoms with E-state index in [0.29, 0.717) is 28.0 Å². The minimum absolute atomic E-state index is 0.0884. The third kappa shape index (κ3) is 3.90. The van der Waals surface area contributed by atoms with E-state index in [1.54, 1.807) is 31.6 Å². The SMILES string of the molecule is Cc1cc(C(=O)NCCNc2ncccc2C(F)(F)F)c2c(C)nn(C)c2n1. The van der Waals surface area contributed by atoms with Gasteiger partial charge in [0.25, 0.3) is 5.91 Å². The Bertz CT molecular complexity index is 1030. The second kappa shape index (κ2) is 7.45. The van der Waals surface area contributed by atoms with E-state index in [1.807, 2.05) is 0 Å². The molecule has 0 fully saturated rings. The van der Waals surface area contributed by atoms with Gasteiger partial charge in [0, 0.05) is 32.0 Å². The van der Waals surface area contributed by atoms with Crippen LogP contribution in [0, 0.1) is 13.8 Å². The minimum atomic E-state index is -4.50. The number of carbonyl (C=O) groups is 1. The van der Waals surface area contributed by atoms with Gasteiger partial charge in [-0.3, -0.25) is 9.48 Å². The highest BCUT2D eigenvalue weighted by Crippen LogP contribution is 2.33. The zero-order chi connectivity index (χ0) is 20.5. The number of anilines is 1. The molecule has 0 spiro atoms. The van der Waals surface area contributed by atoms with Crippen LogP contribution in [0.4, 0.5) is 19.0 Å². The maximum absolute atomic E-state index is 13.0. The summed E-state index contributed by atoms with van der Waals surface area (Å²) in [6.45, 7) is 3.78. The van der Waals surface area contributed by atoms with Crippen molar-refractivity contribution in [2.45, 2.75) is 20.0 Å². The Morgan fingerprint density at radius 3 is 2.71 bits per heavy atom. The van der Waals surface area contributed by atoms with E-state index in [-0.39, 0.29) is 24.8 Å². The third-order valence-electron chi connectivity index (χ3n) is 4.16. The van der Waals surface area contributed by atoms with Gasteiger partial charge in [-0.05, 0) is 32.0 Å². The zero-order valence-corrected chi connectivity index (χ0v) is 15.6. The van der Waals surface area contributed by atoms with Crippen LogP contribution >= 0.6 is 0 Å². The maximum Gasteiger partial charge on any atom is 0.419 e. The standard InChI is InChI=1S/C18H19F3N6O/c1-10-9-12(14-11(2)26-27(3)16(14)25-10)17(28)24-8-7-23-15-13(18(19,20)21)5-4-6-22-15/h4-6,9H,7-8H2,1-3H3,(H,22,23)(H,24,28). The van der Waals surface area contributed by atoms with Gasteiger partial charge in [0.1, 0.15) is 5.82 Å².